The molecule has 0 radical (unpaired) electrons. The summed E-state index contributed by atoms with van der Waals surface area (Å²) in [5.41, 5.74) is 1.25. The van der Waals surface area contributed by atoms with E-state index < -0.39 is 6.10 Å². The molecule has 2 nitrogen and oxygen atoms in total. The molecule has 0 aliphatic carbocycles. The summed E-state index contributed by atoms with van der Waals surface area (Å²) in [4.78, 5) is 4.07. The second-order valence-corrected chi connectivity index (χ2v) is 5.07. The summed E-state index contributed by atoms with van der Waals surface area (Å²) in [6, 6.07) is 8.61. The molecular formula is C13H10Cl3NO. The fraction of sp³-hybridized carbons (Fsp3) is 0.154. The molecule has 0 aliphatic rings. The number of pyridine rings is 1. The van der Waals surface area contributed by atoms with Gasteiger partial charge in [-0.15, -0.1) is 0 Å². The van der Waals surface area contributed by atoms with E-state index in [0.29, 0.717) is 32.7 Å². The van der Waals surface area contributed by atoms with E-state index in [2.05, 4.69) is 4.98 Å². The number of hydrogen-bond acceptors (Lipinski definition) is 2. The quantitative estimate of drug-likeness (QED) is 0.916. The Labute approximate surface area is 120 Å². The molecule has 0 saturated carbocycles. The molecule has 18 heavy (non-hydrogen) atoms. The van der Waals surface area contributed by atoms with Gasteiger partial charge in [0.2, 0.25) is 0 Å². The summed E-state index contributed by atoms with van der Waals surface area (Å²) in [7, 11) is 0. The maximum atomic E-state index is 10.1. The molecule has 1 N–H and O–H groups in total. The van der Waals surface area contributed by atoms with Crippen LogP contribution in [0.25, 0.3) is 0 Å². The van der Waals surface area contributed by atoms with Gasteiger partial charge >= 0.3 is 0 Å². The number of aliphatic hydroxyl groups is 1. The molecule has 0 fully saturated rings. The van der Waals surface area contributed by atoms with Crippen molar-refractivity contribution in [2.45, 2.75) is 12.5 Å². The molecule has 0 spiro atoms. The van der Waals surface area contributed by atoms with Crippen LogP contribution in [0, 0.1) is 0 Å². The van der Waals surface area contributed by atoms with E-state index >= 15 is 0 Å². The van der Waals surface area contributed by atoms with Gasteiger partial charge in [0.1, 0.15) is 6.10 Å². The van der Waals surface area contributed by atoms with E-state index in [9.17, 15) is 5.11 Å². The number of rotatable bonds is 3. The third-order valence-electron chi connectivity index (χ3n) is 2.55. The molecule has 1 atom stereocenters. The first-order chi connectivity index (χ1) is 8.58. The van der Waals surface area contributed by atoms with E-state index in [4.69, 9.17) is 34.8 Å². The van der Waals surface area contributed by atoms with E-state index in [-0.39, 0.29) is 0 Å². The van der Waals surface area contributed by atoms with Crippen molar-refractivity contribution in [3.63, 3.8) is 0 Å². The summed E-state index contributed by atoms with van der Waals surface area (Å²) < 4.78 is 0. The average Bonchev–Trinajstić information content (AvgIpc) is 2.34. The predicted octanol–water partition coefficient (Wildman–Crippen LogP) is 4.32. The monoisotopic (exact) mass is 301 g/mol. The Balaban J connectivity index is 2.21. The van der Waals surface area contributed by atoms with Crippen molar-refractivity contribution < 1.29 is 5.11 Å². The van der Waals surface area contributed by atoms with Crippen molar-refractivity contribution in [2.24, 2.45) is 0 Å². The molecule has 1 aromatic heterocycles. The van der Waals surface area contributed by atoms with Gasteiger partial charge in [-0.2, -0.15) is 0 Å². The standard InChI is InChI=1S/C13H10Cl3NO/c14-8-4-5-12(17-7-8)13(18)6-9-10(15)2-1-3-11(9)16/h1-5,7,13,18H,6H2. The lowest BCUT2D eigenvalue weighted by molar-refractivity contribution is 0.173. The molecule has 5 heteroatoms. The van der Waals surface area contributed by atoms with Gasteiger partial charge in [-0.25, -0.2) is 0 Å². The lowest BCUT2D eigenvalue weighted by Gasteiger charge is -2.12. The first-order valence-corrected chi connectivity index (χ1v) is 6.43. The van der Waals surface area contributed by atoms with Crippen molar-refractivity contribution in [3.05, 3.63) is 62.9 Å². The Morgan fingerprint density at radius 3 is 2.28 bits per heavy atom. The van der Waals surface area contributed by atoms with Gasteiger partial charge in [0, 0.05) is 22.7 Å². The Morgan fingerprint density at radius 2 is 1.72 bits per heavy atom. The van der Waals surface area contributed by atoms with Gasteiger partial charge in [0.15, 0.2) is 0 Å². The highest BCUT2D eigenvalue weighted by molar-refractivity contribution is 6.36. The van der Waals surface area contributed by atoms with Crippen molar-refractivity contribution in [1.29, 1.82) is 0 Å². The number of hydrogen-bond donors (Lipinski definition) is 1. The second-order valence-electron chi connectivity index (χ2n) is 3.82. The Bertz CT molecular complexity index is 522. The number of benzene rings is 1. The van der Waals surface area contributed by atoms with Crippen LogP contribution in [0.2, 0.25) is 15.1 Å². The van der Waals surface area contributed by atoms with E-state index in [1.54, 1.807) is 30.3 Å². The molecule has 1 unspecified atom stereocenters. The SMILES string of the molecule is OC(Cc1c(Cl)cccc1Cl)c1ccc(Cl)cn1. The second kappa shape index (κ2) is 5.89. The van der Waals surface area contributed by atoms with Gasteiger partial charge in [-0.1, -0.05) is 40.9 Å². The Morgan fingerprint density at radius 1 is 1.06 bits per heavy atom. The zero-order valence-corrected chi connectivity index (χ0v) is 11.5. The number of aliphatic hydroxyl groups excluding tert-OH is 1. The van der Waals surface area contributed by atoms with Crippen LogP contribution < -0.4 is 0 Å². The molecule has 0 saturated heterocycles. The van der Waals surface area contributed by atoms with Crippen LogP contribution in [0.1, 0.15) is 17.4 Å². The number of halogens is 3. The van der Waals surface area contributed by atoms with Gasteiger partial charge in [0.25, 0.3) is 0 Å². The zero-order chi connectivity index (χ0) is 13.1. The maximum absolute atomic E-state index is 10.1. The number of aromatic nitrogens is 1. The van der Waals surface area contributed by atoms with Crippen LogP contribution in [0.5, 0.6) is 0 Å². The van der Waals surface area contributed by atoms with Crippen LogP contribution in [0.4, 0.5) is 0 Å². The fourth-order valence-electron chi connectivity index (χ4n) is 1.61. The first kappa shape index (κ1) is 13.6. The van der Waals surface area contributed by atoms with Crippen molar-refractivity contribution in [2.75, 3.05) is 0 Å². The Kier molecular flexibility index (Phi) is 4.46. The van der Waals surface area contributed by atoms with Crippen LogP contribution in [0.15, 0.2) is 36.5 Å². The summed E-state index contributed by atoms with van der Waals surface area (Å²) >= 11 is 17.8. The molecule has 2 rings (SSSR count). The van der Waals surface area contributed by atoms with E-state index in [0.717, 1.165) is 0 Å². The summed E-state index contributed by atoms with van der Waals surface area (Å²) in [5.74, 6) is 0. The van der Waals surface area contributed by atoms with Crippen LogP contribution in [-0.2, 0) is 6.42 Å². The van der Waals surface area contributed by atoms with E-state index in [1.807, 2.05) is 0 Å². The average molecular weight is 303 g/mol. The van der Waals surface area contributed by atoms with Gasteiger partial charge in [0.05, 0.1) is 10.7 Å². The number of nitrogens with zero attached hydrogens (tertiary/aromatic N) is 1. The van der Waals surface area contributed by atoms with Gasteiger partial charge in [-0.3, -0.25) is 4.98 Å². The van der Waals surface area contributed by atoms with Crippen LogP contribution in [-0.4, -0.2) is 10.1 Å². The van der Waals surface area contributed by atoms with Crippen molar-refractivity contribution >= 4 is 34.8 Å². The summed E-state index contributed by atoms with van der Waals surface area (Å²) in [6.45, 7) is 0. The molecule has 2 aromatic rings. The molecule has 0 aliphatic heterocycles. The van der Waals surface area contributed by atoms with Crippen LogP contribution in [0.3, 0.4) is 0 Å². The fourth-order valence-corrected chi connectivity index (χ4v) is 2.27. The lowest BCUT2D eigenvalue weighted by Crippen LogP contribution is -2.04. The minimum absolute atomic E-state index is 0.313. The normalized spacial score (nSPS) is 12.4. The van der Waals surface area contributed by atoms with Crippen molar-refractivity contribution in [3.8, 4) is 0 Å². The molecular weight excluding hydrogens is 293 g/mol. The lowest BCUT2D eigenvalue weighted by atomic mass is 10.1. The largest absolute Gasteiger partial charge is 0.386 e. The minimum atomic E-state index is -0.764. The zero-order valence-electron chi connectivity index (χ0n) is 9.28. The maximum Gasteiger partial charge on any atom is 0.100 e. The third kappa shape index (κ3) is 3.15. The van der Waals surface area contributed by atoms with Gasteiger partial charge < -0.3 is 5.11 Å². The first-order valence-electron chi connectivity index (χ1n) is 5.30. The Hall–Kier alpha value is -0.800. The van der Waals surface area contributed by atoms with Crippen molar-refractivity contribution in [1.82, 2.24) is 4.98 Å². The molecule has 94 valence electrons. The molecule has 0 amide bonds. The highest BCUT2D eigenvalue weighted by Gasteiger charge is 2.14. The van der Waals surface area contributed by atoms with E-state index in [1.165, 1.54) is 6.20 Å². The summed E-state index contributed by atoms with van der Waals surface area (Å²) in [6.07, 6.45) is 1.04. The minimum Gasteiger partial charge on any atom is -0.386 e. The third-order valence-corrected chi connectivity index (χ3v) is 3.48. The van der Waals surface area contributed by atoms with Crippen LogP contribution >= 0.6 is 34.8 Å². The molecule has 1 heterocycles. The topological polar surface area (TPSA) is 33.1 Å². The highest BCUT2D eigenvalue weighted by atomic mass is 35.5. The highest BCUT2D eigenvalue weighted by Crippen LogP contribution is 2.28. The summed E-state index contributed by atoms with van der Waals surface area (Å²) in [5, 5.41) is 11.7. The molecule has 0 bridgehead atoms. The van der Waals surface area contributed by atoms with Gasteiger partial charge in [-0.05, 0) is 29.8 Å². The predicted molar refractivity (Wildman–Crippen MR) is 74.4 cm³/mol. The smallest absolute Gasteiger partial charge is 0.100 e. The molecule has 1 aromatic carbocycles.